The Hall–Kier alpha value is -1.25. The number of nitriles is 1. The van der Waals surface area contributed by atoms with Gasteiger partial charge in [-0.3, -0.25) is 0 Å². The zero-order valence-electron chi connectivity index (χ0n) is 5.07. The number of H-pyrrole nitrogens is 1. The number of nitrogens with one attached hydrogen (secondary N) is 1. The average Bonchev–Trinajstić information content (AvgIpc) is 2.33. The van der Waals surface area contributed by atoms with E-state index in [1.165, 1.54) is 12.3 Å². The summed E-state index contributed by atoms with van der Waals surface area (Å²) in [6, 6.07) is 3.23. The molecule has 0 fully saturated rings. The maximum Gasteiger partial charge on any atom is 0.491 e. The van der Waals surface area contributed by atoms with Crippen molar-refractivity contribution in [3.05, 3.63) is 18.0 Å². The normalized spacial score (nSPS) is 8.90. The van der Waals surface area contributed by atoms with E-state index in [1.807, 2.05) is 0 Å². The van der Waals surface area contributed by atoms with Crippen molar-refractivity contribution >= 4 is 12.6 Å². The Labute approximate surface area is 57.9 Å². The molecule has 0 radical (unpaired) electrons. The molecule has 1 aromatic heterocycles. The molecule has 0 saturated heterocycles. The molecule has 0 aliphatic carbocycles. The van der Waals surface area contributed by atoms with Gasteiger partial charge < -0.3 is 15.0 Å². The van der Waals surface area contributed by atoms with E-state index in [1.54, 1.807) is 6.07 Å². The first kappa shape index (κ1) is 6.87. The molecule has 0 aliphatic heterocycles. The molecule has 5 heteroatoms. The highest BCUT2D eigenvalue weighted by Crippen LogP contribution is 1.88. The highest BCUT2D eigenvalue weighted by atomic mass is 16.4. The van der Waals surface area contributed by atoms with Crippen molar-refractivity contribution in [2.45, 2.75) is 0 Å². The zero-order valence-corrected chi connectivity index (χ0v) is 5.07. The van der Waals surface area contributed by atoms with Crippen LogP contribution in [0, 0.1) is 11.3 Å². The van der Waals surface area contributed by atoms with E-state index in [4.69, 9.17) is 15.3 Å². The summed E-state index contributed by atoms with van der Waals surface area (Å²) in [5.74, 6) is 0. The Kier molecular flexibility index (Phi) is 1.76. The van der Waals surface area contributed by atoms with Crippen molar-refractivity contribution in [3.8, 4) is 6.07 Å². The van der Waals surface area contributed by atoms with Crippen LogP contribution < -0.4 is 5.46 Å². The summed E-state index contributed by atoms with van der Waals surface area (Å²) in [7, 11) is -1.57. The summed E-state index contributed by atoms with van der Waals surface area (Å²) < 4.78 is 0. The molecule has 0 aliphatic rings. The van der Waals surface area contributed by atoms with Gasteiger partial charge in [-0.05, 0) is 6.07 Å². The summed E-state index contributed by atoms with van der Waals surface area (Å²) in [5, 5.41) is 25.6. The van der Waals surface area contributed by atoms with Gasteiger partial charge >= 0.3 is 7.12 Å². The maximum absolute atomic E-state index is 8.61. The summed E-state index contributed by atoms with van der Waals surface area (Å²) >= 11 is 0. The van der Waals surface area contributed by atoms with Gasteiger partial charge in [-0.15, -0.1) is 0 Å². The lowest BCUT2D eigenvalue weighted by molar-refractivity contribution is 0.425. The minimum atomic E-state index is -1.57. The van der Waals surface area contributed by atoms with Gasteiger partial charge in [-0.2, -0.15) is 5.26 Å². The van der Waals surface area contributed by atoms with Crippen molar-refractivity contribution in [1.29, 1.82) is 5.26 Å². The highest BCUT2D eigenvalue weighted by molar-refractivity contribution is 6.59. The number of aromatic amines is 1. The van der Waals surface area contributed by atoms with Gasteiger partial charge in [0.05, 0.1) is 0 Å². The smallest absolute Gasteiger partial charge is 0.423 e. The molecule has 3 N–H and O–H groups in total. The fraction of sp³-hybridized carbons (Fsp3) is 0. The maximum atomic E-state index is 8.61. The molecule has 4 nitrogen and oxygen atoms in total. The van der Waals surface area contributed by atoms with E-state index in [9.17, 15) is 0 Å². The number of rotatable bonds is 1. The van der Waals surface area contributed by atoms with Crippen LogP contribution in [0.3, 0.4) is 0 Å². The largest absolute Gasteiger partial charge is 0.491 e. The van der Waals surface area contributed by atoms with Crippen LogP contribution in [0.1, 0.15) is 5.69 Å². The molecule has 0 amide bonds. The van der Waals surface area contributed by atoms with Crippen LogP contribution >= 0.6 is 0 Å². The molecule has 0 aromatic carbocycles. The lowest BCUT2D eigenvalue weighted by Crippen LogP contribution is -2.30. The van der Waals surface area contributed by atoms with Gasteiger partial charge in [0.15, 0.2) is 0 Å². The van der Waals surface area contributed by atoms with E-state index in [-0.39, 0.29) is 11.2 Å². The Morgan fingerprint density at radius 1 is 1.60 bits per heavy atom. The van der Waals surface area contributed by atoms with Crippen molar-refractivity contribution in [3.63, 3.8) is 0 Å². The van der Waals surface area contributed by atoms with Gasteiger partial charge in [0.1, 0.15) is 11.8 Å². The lowest BCUT2D eigenvalue weighted by atomic mass is 9.80. The average molecular weight is 136 g/mol. The van der Waals surface area contributed by atoms with Crippen molar-refractivity contribution < 1.29 is 10.0 Å². The van der Waals surface area contributed by atoms with Gasteiger partial charge in [-0.1, -0.05) is 0 Å². The van der Waals surface area contributed by atoms with Crippen LogP contribution in [-0.2, 0) is 0 Å². The molecule has 0 saturated carbocycles. The molecule has 50 valence electrons. The summed E-state index contributed by atoms with van der Waals surface area (Å²) in [5.41, 5.74) is 0.400. The van der Waals surface area contributed by atoms with E-state index in [0.717, 1.165) is 0 Å². The predicted octanol–water partition coefficient (Wildman–Crippen LogP) is -1.43. The molecule has 0 bridgehead atoms. The van der Waals surface area contributed by atoms with E-state index in [2.05, 4.69) is 4.98 Å². The third-order valence-electron chi connectivity index (χ3n) is 1.17. The SMILES string of the molecule is N#Cc1[nH]ccc1B(O)O. The quantitative estimate of drug-likeness (QED) is 0.414. The van der Waals surface area contributed by atoms with Crippen LogP contribution in [0.15, 0.2) is 12.3 Å². The number of aromatic nitrogens is 1. The van der Waals surface area contributed by atoms with Crippen molar-refractivity contribution in [1.82, 2.24) is 4.98 Å². The number of nitrogens with zero attached hydrogens (tertiary/aromatic N) is 1. The van der Waals surface area contributed by atoms with E-state index >= 15 is 0 Å². The third kappa shape index (κ3) is 1.03. The van der Waals surface area contributed by atoms with Crippen molar-refractivity contribution in [2.75, 3.05) is 0 Å². The van der Waals surface area contributed by atoms with E-state index < -0.39 is 7.12 Å². The highest BCUT2D eigenvalue weighted by Gasteiger charge is 2.15. The van der Waals surface area contributed by atoms with Gasteiger partial charge in [0.25, 0.3) is 0 Å². The standard InChI is InChI=1S/C5H5BN2O2/c7-3-5-4(6(9)10)1-2-8-5/h1-2,8-10H. The molecule has 1 heterocycles. The Bertz CT molecular complexity index is 263. The topological polar surface area (TPSA) is 80.0 Å². The minimum Gasteiger partial charge on any atom is -0.423 e. The molecule has 0 unspecified atom stereocenters. The van der Waals surface area contributed by atoms with Crippen molar-refractivity contribution in [2.24, 2.45) is 0 Å². The van der Waals surface area contributed by atoms with Crippen LogP contribution in [0.5, 0.6) is 0 Å². The monoisotopic (exact) mass is 136 g/mol. The predicted molar refractivity (Wildman–Crippen MR) is 35.3 cm³/mol. The second kappa shape index (κ2) is 2.56. The van der Waals surface area contributed by atoms with Crippen LogP contribution in [-0.4, -0.2) is 22.2 Å². The Morgan fingerprint density at radius 3 is 2.70 bits per heavy atom. The van der Waals surface area contributed by atoms with E-state index in [0.29, 0.717) is 0 Å². The fourth-order valence-corrected chi connectivity index (χ4v) is 0.693. The first-order valence-corrected chi connectivity index (χ1v) is 2.69. The zero-order chi connectivity index (χ0) is 7.56. The molecule has 0 atom stereocenters. The minimum absolute atomic E-state index is 0.190. The Balaban J connectivity index is 3.05. The molecule has 0 spiro atoms. The summed E-state index contributed by atoms with van der Waals surface area (Å²) in [6.45, 7) is 0. The molecule has 1 rings (SSSR count). The molecular formula is C5H5BN2O2. The number of hydrogen-bond donors (Lipinski definition) is 3. The Morgan fingerprint density at radius 2 is 2.30 bits per heavy atom. The van der Waals surface area contributed by atoms with Crippen LogP contribution in [0.25, 0.3) is 0 Å². The van der Waals surface area contributed by atoms with Gasteiger partial charge in [0, 0.05) is 11.7 Å². The second-order valence-electron chi connectivity index (χ2n) is 1.79. The first-order chi connectivity index (χ1) is 4.75. The molecular weight excluding hydrogens is 131 g/mol. The summed E-state index contributed by atoms with van der Waals surface area (Å²) in [4.78, 5) is 2.56. The van der Waals surface area contributed by atoms with Gasteiger partial charge in [0.2, 0.25) is 0 Å². The first-order valence-electron chi connectivity index (χ1n) is 2.69. The lowest BCUT2D eigenvalue weighted by Gasteiger charge is -1.91. The number of hydrogen-bond acceptors (Lipinski definition) is 3. The van der Waals surface area contributed by atoms with Crippen LogP contribution in [0.2, 0.25) is 0 Å². The van der Waals surface area contributed by atoms with Crippen LogP contribution in [0.4, 0.5) is 0 Å². The second-order valence-corrected chi connectivity index (χ2v) is 1.79. The summed E-state index contributed by atoms with van der Waals surface area (Å²) in [6.07, 6.45) is 1.48. The molecule has 10 heavy (non-hydrogen) atoms. The van der Waals surface area contributed by atoms with Gasteiger partial charge in [-0.25, -0.2) is 0 Å². The fourth-order valence-electron chi connectivity index (χ4n) is 0.693. The molecule has 1 aromatic rings. The third-order valence-corrected chi connectivity index (χ3v) is 1.17.